The van der Waals surface area contributed by atoms with Crippen LogP contribution in [0.2, 0.25) is 0 Å². The fourth-order valence-electron chi connectivity index (χ4n) is 2.03. The third-order valence-corrected chi connectivity index (χ3v) is 2.94. The molecule has 1 aliphatic heterocycles. The molecule has 0 aromatic heterocycles. The number of rotatable bonds is 3. The van der Waals surface area contributed by atoms with E-state index in [0.717, 1.165) is 5.46 Å². The molecule has 2 aromatic rings. The lowest BCUT2D eigenvalue weighted by Crippen LogP contribution is -2.31. The summed E-state index contributed by atoms with van der Waals surface area (Å²) in [6.45, 7) is 1.23. The molecule has 0 amide bonds. The Morgan fingerprint density at radius 2 is 1.76 bits per heavy atom. The van der Waals surface area contributed by atoms with E-state index >= 15 is 0 Å². The van der Waals surface area contributed by atoms with Gasteiger partial charge in [0.2, 0.25) is 0 Å². The second-order valence-electron chi connectivity index (χ2n) is 4.14. The summed E-state index contributed by atoms with van der Waals surface area (Å²) in [5, 5.41) is 0. The zero-order chi connectivity index (χ0) is 11.5. The molecule has 17 heavy (non-hydrogen) atoms. The van der Waals surface area contributed by atoms with E-state index < -0.39 is 0 Å². The Morgan fingerprint density at radius 3 is 2.65 bits per heavy atom. The highest BCUT2D eigenvalue weighted by Crippen LogP contribution is 2.12. The van der Waals surface area contributed by atoms with Gasteiger partial charge in [-0.05, 0) is 16.6 Å². The number of hydrogen-bond acceptors (Lipinski definition) is 2. The highest BCUT2D eigenvalue weighted by Gasteiger charge is 2.29. The fourth-order valence-corrected chi connectivity index (χ4v) is 2.03. The molecule has 0 aliphatic carbocycles. The maximum absolute atomic E-state index is 5.79. The van der Waals surface area contributed by atoms with Crippen molar-refractivity contribution in [3.05, 3.63) is 65.7 Å². The Hall–Kier alpha value is -1.58. The van der Waals surface area contributed by atoms with Gasteiger partial charge in [0.05, 0.1) is 13.2 Å². The number of fused-ring (bicyclic) bond motifs is 1. The topological polar surface area (TPSA) is 18.5 Å². The van der Waals surface area contributed by atoms with Crippen LogP contribution in [-0.4, -0.2) is 7.12 Å². The van der Waals surface area contributed by atoms with Gasteiger partial charge in [0.1, 0.15) is 0 Å². The van der Waals surface area contributed by atoms with Crippen LogP contribution in [0.5, 0.6) is 0 Å². The predicted molar refractivity (Wildman–Crippen MR) is 67.9 cm³/mol. The SMILES string of the molecule is c1ccc(COB2OCc3ccccc32)cc1. The molecule has 84 valence electrons. The molecule has 0 atom stereocenters. The van der Waals surface area contributed by atoms with Crippen molar-refractivity contribution < 1.29 is 9.31 Å². The minimum atomic E-state index is -0.216. The predicted octanol–water partition coefficient (Wildman–Crippen LogP) is 2.13. The smallest absolute Gasteiger partial charge is 0.403 e. The van der Waals surface area contributed by atoms with Gasteiger partial charge in [-0.2, -0.15) is 0 Å². The maximum Gasteiger partial charge on any atom is 0.494 e. The zero-order valence-corrected chi connectivity index (χ0v) is 9.50. The minimum Gasteiger partial charge on any atom is -0.403 e. The van der Waals surface area contributed by atoms with Crippen molar-refractivity contribution in [2.45, 2.75) is 13.2 Å². The van der Waals surface area contributed by atoms with Crippen molar-refractivity contribution in [2.24, 2.45) is 0 Å². The Bertz CT molecular complexity index is 499. The first-order chi connectivity index (χ1) is 8.43. The lowest BCUT2D eigenvalue weighted by atomic mass is 9.79. The van der Waals surface area contributed by atoms with Gasteiger partial charge < -0.3 is 9.31 Å². The molecule has 0 radical (unpaired) electrons. The molecule has 2 aromatic carbocycles. The summed E-state index contributed by atoms with van der Waals surface area (Å²) < 4.78 is 11.4. The molecule has 1 aliphatic rings. The molecule has 0 bridgehead atoms. The molecule has 0 unspecified atom stereocenters. The summed E-state index contributed by atoms with van der Waals surface area (Å²) in [5.41, 5.74) is 3.55. The molecule has 3 rings (SSSR count). The van der Waals surface area contributed by atoms with Gasteiger partial charge in [0, 0.05) is 0 Å². The van der Waals surface area contributed by atoms with E-state index in [2.05, 4.69) is 24.3 Å². The van der Waals surface area contributed by atoms with E-state index in [-0.39, 0.29) is 7.12 Å². The summed E-state index contributed by atoms with van der Waals surface area (Å²) >= 11 is 0. The van der Waals surface area contributed by atoms with Crippen LogP contribution in [0.4, 0.5) is 0 Å². The normalized spacial score (nSPS) is 13.8. The summed E-state index contributed by atoms with van der Waals surface area (Å²) in [4.78, 5) is 0. The van der Waals surface area contributed by atoms with E-state index in [1.165, 1.54) is 11.1 Å². The van der Waals surface area contributed by atoms with Gasteiger partial charge in [-0.3, -0.25) is 0 Å². The number of hydrogen-bond donors (Lipinski definition) is 0. The average molecular weight is 224 g/mol. The van der Waals surface area contributed by atoms with Crippen molar-refractivity contribution in [2.75, 3.05) is 0 Å². The van der Waals surface area contributed by atoms with Gasteiger partial charge in [0.25, 0.3) is 0 Å². The molecular weight excluding hydrogens is 211 g/mol. The van der Waals surface area contributed by atoms with Crippen molar-refractivity contribution in [3.8, 4) is 0 Å². The maximum atomic E-state index is 5.79. The lowest BCUT2D eigenvalue weighted by Gasteiger charge is -2.08. The van der Waals surface area contributed by atoms with Crippen molar-refractivity contribution >= 4 is 12.6 Å². The third kappa shape index (κ3) is 2.26. The van der Waals surface area contributed by atoms with Crippen LogP contribution < -0.4 is 5.46 Å². The standard InChI is InChI=1S/C14H13BO2/c1-2-6-12(7-3-1)10-16-15-14-9-5-4-8-13(14)11-17-15/h1-9H,10-11H2. The van der Waals surface area contributed by atoms with Gasteiger partial charge in [-0.25, -0.2) is 0 Å². The molecular formula is C14H13BO2. The first-order valence-electron chi connectivity index (χ1n) is 5.78. The second kappa shape index (κ2) is 4.74. The lowest BCUT2D eigenvalue weighted by molar-refractivity contribution is 0.204. The summed E-state index contributed by atoms with van der Waals surface area (Å²) in [6, 6.07) is 18.4. The van der Waals surface area contributed by atoms with Crippen molar-refractivity contribution in [1.29, 1.82) is 0 Å². The summed E-state index contributed by atoms with van der Waals surface area (Å²) in [6.07, 6.45) is 0. The van der Waals surface area contributed by atoms with Crippen LogP contribution in [0, 0.1) is 0 Å². The van der Waals surface area contributed by atoms with Gasteiger partial charge in [-0.15, -0.1) is 0 Å². The molecule has 0 N–H and O–H groups in total. The summed E-state index contributed by atoms with van der Waals surface area (Å²) in [5.74, 6) is 0. The Kier molecular flexibility index (Phi) is 2.95. The van der Waals surface area contributed by atoms with Gasteiger partial charge in [-0.1, -0.05) is 54.6 Å². The Balaban J connectivity index is 1.68. The molecule has 0 fully saturated rings. The van der Waals surface area contributed by atoms with E-state index in [9.17, 15) is 0 Å². The Morgan fingerprint density at radius 1 is 1.00 bits per heavy atom. The molecule has 1 heterocycles. The molecule has 3 heteroatoms. The second-order valence-corrected chi connectivity index (χ2v) is 4.14. The van der Waals surface area contributed by atoms with Crippen LogP contribution in [0.3, 0.4) is 0 Å². The van der Waals surface area contributed by atoms with Crippen LogP contribution >= 0.6 is 0 Å². The first-order valence-corrected chi connectivity index (χ1v) is 5.78. The van der Waals surface area contributed by atoms with Crippen LogP contribution in [-0.2, 0) is 22.5 Å². The third-order valence-electron chi connectivity index (χ3n) is 2.94. The average Bonchev–Trinajstić information content (AvgIpc) is 2.81. The largest absolute Gasteiger partial charge is 0.494 e. The fraction of sp³-hybridized carbons (Fsp3) is 0.143. The molecule has 0 saturated carbocycles. The minimum absolute atomic E-state index is 0.216. The summed E-state index contributed by atoms with van der Waals surface area (Å²) in [7, 11) is -0.216. The molecule has 2 nitrogen and oxygen atoms in total. The van der Waals surface area contributed by atoms with Crippen LogP contribution in [0.1, 0.15) is 11.1 Å². The van der Waals surface area contributed by atoms with Crippen LogP contribution in [0.25, 0.3) is 0 Å². The highest BCUT2D eigenvalue weighted by atomic mass is 16.6. The quantitative estimate of drug-likeness (QED) is 0.743. The van der Waals surface area contributed by atoms with Gasteiger partial charge >= 0.3 is 7.12 Å². The zero-order valence-electron chi connectivity index (χ0n) is 9.50. The first kappa shape index (κ1) is 10.6. The highest BCUT2D eigenvalue weighted by molar-refractivity contribution is 6.62. The van der Waals surface area contributed by atoms with Gasteiger partial charge in [0.15, 0.2) is 0 Å². The van der Waals surface area contributed by atoms with E-state index in [4.69, 9.17) is 9.31 Å². The monoisotopic (exact) mass is 224 g/mol. The van der Waals surface area contributed by atoms with Crippen LogP contribution in [0.15, 0.2) is 54.6 Å². The van der Waals surface area contributed by atoms with E-state index in [1.54, 1.807) is 0 Å². The van der Waals surface area contributed by atoms with E-state index in [1.807, 2.05) is 30.3 Å². The number of benzene rings is 2. The molecule has 0 spiro atoms. The van der Waals surface area contributed by atoms with Crippen molar-refractivity contribution in [3.63, 3.8) is 0 Å². The molecule has 0 saturated heterocycles. The van der Waals surface area contributed by atoms with Crippen molar-refractivity contribution in [1.82, 2.24) is 0 Å². The Labute approximate surface area is 101 Å². The van der Waals surface area contributed by atoms with E-state index in [0.29, 0.717) is 13.2 Å².